The maximum Gasteiger partial charge on any atom is 0.249 e. The van der Waals surface area contributed by atoms with Crippen LogP contribution < -0.4 is 57.1 Å². The minimum atomic E-state index is 0. The zero-order valence-electron chi connectivity index (χ0n) is 18.9. The molecule has 2 heterocycles. The van der Waals surface area contributed by atoms with Crippen LogP contribution in [0.4, 0.5) is 0 Å². The van der Waals surface area contributed by atoms with Crippen LogP contribution in [0.5, 0.6) is 0 Å². The Morgan fingerprint density at radius 2 is 0.824 bits per heavy atom. The molecule has 4 aromatic carbocycles. The Morgan fingerprint density at radius 1 is 0.471 bits per heavy atom. The van der Waals surface area contributed by atoms with E-state index in [1.54, 1.807) is 0 Å². The number of imidazole rings is 2. The minimum Gasteiger partial charge on any atom is -1.00 e. The van der Waals surface area contributed by atoms with E-state index in [-0.39, 0.29) is 48.0 Å². The average molecular weight is 670 g/mol. The summed E-state index contributed by atoms with van der Waals surface area (Å²) in [5.41, 5.74) is 9.60. The number of nitrogens with zero attached hydrogens (tertiary/aromatic N) is 4. The quantitative estimate of drug-likeness (QED) is 0.168. The van der Waals surface area contributed by atoms with Gasteiger partial charge in [0.05, 0.1) is 14.1 Å². The van der Waals surface area contributed by atoms with Crippen molar-refractivity contribution in [1.29, 1.82) is 0 Å². The molecule has 0 unspecified atom stereocenters. The lowest BCUT2D eigenvalue weighted by Gasteiger charge is -2.04. The number of hydrogen-bond donors (Lipinski definition) is 0. The zero-order chi connectivity index (χ0) is 21.7. The lowest BCUT2D eigenvalue weighted by molar-refractivity contribution is -0.568. The van der Waals surface area contributed by atoms with Crippen LogP contribution in [0.25, 0.3) is 44.6 Å². The summed E-state index contributed by atoms with van der Waals surface area (Å²) in [5.74, 6) is 0. The molecule has 0 saturated carbocycles. The van der Waals surface area contributed by atoms with E-state index >= 15 is 0 Å². The van der Waals surface area contributed by atoms with Gasteiger partial charge in [0.1, 0.15) is 11.4 Å². The molecule has 0 fully saturated rings. The van der Waals surface area contributed by atoms with E-state index < -0.39 is 0 Å². The molecule has 0 atom stereocenters. The van der Waals surface area contributed by atoms with Crippen molar-refractivity contribution in [2.24, 2.45) is 14.1 Å². The highest BCUT2D eigenvalue weighted by Crippen LogP contribution is 2.22. The van der Waals surface area contributed by atoms with Gasteiger partial charge in [-0.3, -0.25) is 0 Å². The van der Waals surface area contributed by atoms with Gasteiger partial charge in [-0.25, -0.2) is 9.13 Å². The van der Waals surface area contributed by atoms with E-state index in [1.165, 1.54) is 33.2 Å². The van der Waals surface area contributed by atoms with Gasteiger partial charge < -0.3 is 48.0 Å². The van der Waals surface area contributed by atoms with Crippen LogP contribution in [0.2, 0.25) is 0 Å². The number of fused-ring (bicyclic) bond motifs is 2. The number of benzene rings is 4. The Morgan fingerprint density at radius 3 is 1.21 bits per heavy atom. The molecule has 170 valence electrons. The Bertz CT molecular complexity index is 1460. The van der Waals surface area contributed by atoms with Gasteiger partial charge in [0.2, 0.25) is 12.7 Å². The Kier molecular flexibility index (Phi) is 7.09. The standard InChI is InChI=1S/C28H24N4.2HI/c1-29-19-31(27-9-5-3-7-25(27)29)23-15-11-21(12-16-23)22-13-17-24(18-14-22)32-20-30(2)26-8-4-6-10-28(26)32;;/h3-20H,1-2H3;2*1H/q+2;;/p-2. The fourth-order valence-electron chi connectivity index (χ4n) is 4.57. The largest absolute Gasteiger partial charge is 1.00 e. The van der Waals surface area contributed by atoms with Gasteiger partial charge in [-0.1, -0.05) is 48.5 Å². The van der Waals surface area contributed by atoms with Gasteiger partial charge in [0.25, 0.3) is 0 Å². The maximum atomic E-state index is 2.24. The van der Waals surface area contributed by atoms with Crippen LogP contribution in [0.1, 0.15) is 0 Å². The normalized spacial score (nSPS) is 10.8. The van der Waals surface area contributed by atoms with Crippen molar-refractivity contribution in [3.05, 3.63) is 110 Å². The second-order valence-electron chi connectivity index (χ2n) is 8.26. The molecule has 0 amide bonds. The lowest BCUT2D eigenvalue weighted by atomic mass is 10.0. The topological polar surface area (TPSA) is 17.6 Å². The molecule has 6 aromatic rings. The first kappa shape index (κ1) is 24.4. The molecule has 2 aromatic heterocycles. The SMILES string of the molecule is Cn1c[n+](-c2ccc(-c3ccc(-[n+]4cn(C)c5ccccc54)cc3)cc2)c2ccccc21.[I-].[I-]. The molecule has 0 aliphatic heterocycles. The Labute approximate surface area is 233 Å². The third-order valence-corrected chi connectivity index (χ3v) is 6.24. The van der Waals surface area contributed by atoms with Crippen LogP contribution in [0, 0.1) is 0 Å². The number of halogens is 2. The van der Waals surface area contributed by atoms with Gasteiger partial charge in [0.15, 0.2) is 22.1 Å². The summed E-state index contributed by atoms with van der Waals surface area (Å²) in [7, 11) is 4.17. The van der Waals surface area contributed by atoms with Crippen molar-refractivity contribution in [2.75, 3.05) is 0 Å². The van der Waals surface area contributed by atoms with Crippen LogP contribution in [0.3, 0.4) is 0 Å². The monoisotopic (exact) mass is 670 g/mol. The number of aryl methyl sites for hydroxylation is 2. The summed E-state index contributed by atoms with van der Waals surface area (Å²) in [4.78, 5) is 0. The molecule has 34 heavy (non-hydrogen) atoms. The van der Waals surface area contributed by atoms with Crippen LogP contribution in [-0.4, -0.2) is 9.13 Å². The molecule has 0 N–H and O–H groups in total. The van der Waals surface area contributed by atoms with E-state index in [0.29, 0.717) is 0 Å². The van der Waals surface area contributed by atoms with Crippen LogP contribution >= 0.6 is 0 Å². The summed E-state index contributed by atoms with van der Waals surface area (Å²) in [5, 5.41) is 0. The number of para-hydroxylation sites is 4. The first-order valence-electron chi connectivity index (χ1n) is 10.8. The van der Waals surface area contributed by atoms with E-state index in [2.05, 4.69) is 142 Å². The molecule has 0 spiro atoms. The highest BCUT2D eigenvalue weighted by Gasteiger charge is 2.16. The van der Waals surface area contributed by atoms with Crippen molar-refractivity contribution >= 4 is 22.1 Å². The van der Waals surface area contributed by atoms with Crippen molar-refractivity contribution in [2.45, 2.75) is 0 Å². The second kappa shape index (κ2) is 9.87. The van der Waals surface area contributed by atoms with Crippen molar-refractivity contribution < 1.29 is 57.1 Å². The van der Waals surface area contributed by atoms with E-state index in [9.17, 15) is 0 Å². The molecule has 0 radical (unpaired) electrons. The van der Waals surface area contributed by atoms with Crippen molar-refractivity contribution in [1.82, 2.24) is 9.13 Å². The molecular weight excluding hydrogens is 646 g/mol. The lowest BCUT2D eigenvalue weighted by Crippen LogP contribution is -3.00. The fraction of sp³-hybridized carbons (Fsp3) is 0.0714. The minimum absolute atomic E-state index is 0. The first-order chi connectivity index (χ1) is 15.7. The molecule has 6 heteroatoms. The molecule has 6 rings (SSSR count). The van der Waals surface area contributed by atoms with E-state index in [1.807, 2.05) is 0 Å². The molecule has 0 aliphatic carbocycles. The molecule has 0 saturated heterocycles. The summed E-state index contributed by atoms with van der Waals surface area (Å²) in [6.07, 6.45) is 4.27. The second-order valence-corrected chi connectivity index (χ2v) is 8.26. The van der Waals surface area contributed by atoms with Gasteiger partial charge in [-0.05, 0) is 59.7 Å². The summed E-state index contributed by atoms with van der Waals surface area (Å²) >= 11 is 0. The highest BCUT2D eigenvalue weighted by atomic mass is 127. The highest BCUT2D eigenvalue weighted by molar-refractivity contribution is 5.73. The van der Waals surface area contributed by atoms with Gasteiger partial charge in [-0.2, -0.15) is 9.13 Å². The Hall–Kier alpha value is -2.72. The number of hydrogen-bond acceptors (Lipinski definition) is 0. The zero-order valence-corrected chi connectivity index (χ0v) is 23.3. The Balaban J connectivity index is 0.00000137. The predicted octanol–water partition coefficient (Wildman–Crippen LogP) is -1.10. The summed E-state index contributed by atoms with van der Waals surface area (Å²) in [6.45, 7) is 0. The summed E-state index contributed by atoms with van der Waals surface area (Å²) < 4.78 is 8.79. The summed E-state index contributed by atoms with van der Waals surface area (Å²) in [6, 6.07) is 34.5. The van der Waals surface area contributed by atoms with Crippen LogP contribution in [-0.2, 0) is 14.1 Å². The van der Waals surface area contributed by atoms with E-state index in [4.69, 9.17) is 0 Å². The molecule has 4 nitrogen and oxygen atoms in total. The number of rotatable bonds is 3. The first-order valence-corrected chi connectivity index (χ1v) is 10.8. The maximum absolute atomic E-state index is 2.24. The smallest absolute Gasteiger partial charge is 0.249 e. The van der Waals surface area contributed by atoms with Crippen molar-refractivity contribution in [3.8, 4) is 22.5 Å². The molecule has 0 aliphatic rings. The van der Waals surface area contributed by atoms with Crippen LogP contribution in [0.15, 0.2) is 110 Å². The van der Waals surface area contributed by atoms with Gasteiger partial charge in [-0.15, -0.1) is 0 Å². The van der Waals surface area contributed by atoms with E-state index in [0.717, 1.165) is 11.4 Å². The molecular formula is C28H24I2N4. The van der Waals surface area contributed by atoms with Gasteiger partial charge >= 0.3 is 0 Å². The third-order valence-electron chi connectivity index (χ3n) is 6.24. The van der Waals surface area contributed by atoms with Gasteiger partial charge in [0, 0.05) is 0 Å². The third kappa shape index (κ3) is 4.13. The number of aromatic nitrogens is 4. The fourth-order valence-corrected chi connectivity index (χ4v) is 4.57. The predicted molar refractivity (Wildman–Crippen MR) is 128 cm³/mol. The van der Waals surface area contributed by atoms with Crippen molar-refractivity contribution in [3.63, 3.8) is 0 Å². The molecule has 0 bridgehead atoms. The average Bonchev–Trinajstić information content (AvgIpc) is 3.37.